The molecule has 1 aromatic rings. The van der Waals surface area contributed by atoms with Crippen LogP contribution in [0.15, 0.2) is 0 Å². The fourth-order valence-electron chi connectivity index (χ4n) is 2.30. The number of alkyl halides is 3. The van der Waals surface area contributed by atoms with Gasteiger partial charge in [0.15, 0.2) is 0 Å². The van der Waals surface area contributed by atoms with Crippen LogP contribution in [0.25, 0.3) is 0 Å². The van der Waals surface area contributed by atoms with E-state index in [2.05, 4.69) is 11.4 Å². The highest BCUT2D eigenvalue weighted by atomic mass is 35.6. The zero-order valence-electron chi connectivity index (χ0n) is 10.6. The summed E-state index contributed by atoms with van der Waals surface area (Å²) in [6, 6.07) is 2.18. The van der Waals surface area contributed by atoms with E-state index in [0.717, 1.165) is 31.2 Å². The lowest BCUT2D eigenvalue weighted by Crippen LogP contribution is -2.26. The molecule has 0 spiro atoms. The van der Waals surface area contributed by atoms with E-state index in [-0.39, 0.29) is 0 Å². The molecule has 108 valence electrons. The van der Waals surface area contributed by atoms with Gasteiger partial charge in [0.25, 0.3) is 9.70 Å². The largest absolute Gasteiger partial charge is 0.313 e. The van der Waals surface area contributed by atoms with E-state index in [0.29, 0.717) is 10.6 Å². The van der Waals surface area contributed by atoms with Crippen LogP contribution in [0.4, 0.5) is 5.00 Å². The highest BCUT2D eigenvalue weighted by molar-refractivity contribution is 7.16. The van der Waals surface area contributed by atoms with Gasteiger partial charge in [0.1, 0.15) is 11.1 Å². The SMILES string of the molecule is N#Cc1c(NC(=O)C(Cl)(Cl)Cl)sc2c1CCCCCC2. The average Bonchev–Trinajstić information content (AvgIpc) is 2.64. The average molecular weight is 352 g/mol. The van der Waals surface area contributed by atoms with Crippen molar-refractivity contribution in [1.29, 1.82) is 5.26 Å². The van der Waals surface area contributed by atoms with Gasteiger partial charge in [0.2, 0.25) is 0 Å². The molecule has 2 rings (SSSR count). The molecule has 0 bridgehead atoms. The zero-order valence-corrected chi connectivity index (χ0v) is 13.7. The second-order valence-electron chi connectivity index (χ2n) is 4.69. The number of carbonyl (C=O) groups is 1. The molecule has 1 amide bonds. The van der Waals surface area contributed by atoms with Crippen molar-refractivity contribution in [2.75, 3.05) is 5.32 Å². The van der Waals surface area contributed by atoms with Gasteiger partial charge in [0.05, 0.1) is 5.56 Å². The van der Waals surface area contributed by atoms with Crippen LogP contribution in [-0.2, 0) is 17.6 Å². The Balaban J connectivity index is 2.32. The van der Waals surface area contributed by atoms with E-state index < -0.39 is 9.70 Å². The lowest BCUT2D eigenvalue weighted by atomic mass is 9.97. The van der Waals surface area contributed by atoms with Crippen LogP contribution in [0.2, 0.25) is 0 Å². The van der Waals surface area contributed by atoms with Crippen LogP contribution in [0.1, 0.15) is 41.7 Å². The first-order valence-electron chi connectivity index (χ1n) is 6.36. The van der Waals surface area contributed by atoms with Gasteiger partial charge in [-0.2, -0.15) is 5.26 Å². The first-order valence-corrected chi connectivity index (χ1v) is 8.31. The standard InChI is InChI=1S/C13H13Cl3N2OS/c14-13(15,16)12(19)18-11-9(7-17)8-5-3-1-2-4-6-10(8)20-11/h1-6H2,(H,18,19). The number of aryl methyl sites for hydroxylation is 1. The molecule has 1 N–H and O–H groups in total. The molecule has 0 atom stereocenters. The fourth-order valence-corrected chi connectivity index (χ4v) is 3.68. The van der Waals surface area contributed by atoms with E-state index in [9.17, 15) is 10.1 Å². The number of halogens is 3. The Morgan fingerprint density at radius 1 is 1.20 bits per heavy atom. The van der Waals surface area contributed by atoms with Gasteiger partial charge in [-0.05, 0) is 31.2 Å². The maximum absolute atomic E-state index is 11.7. The number of nitriles is 1. The van der Waals surface area contributed by atoms with E-state index in [1.54, 1.807) is 0 Å². The van der Waals surface area contributed by atoms with Gasteiger partial charge < -0.3 is 5.32 Å². The second kappa shape index (κ2) is 6.53. The molecule has 0 aromatic carbocycles. The number of carbonyl (C=O) groups excluding carboxylic acids is 1. The summed E-state index contributed by atoms with van der Waals surface area (Å²) in [5.41, 5.74) is 1.58. The van der Waals surface area contributed by atoms with Crippen molar-refractivity contribution in [1.82, 2.24) is 0 Å². The molecule has 1 aromatic heterocycles. The molecule has 20 heavy (non-hydrogen) atoms. The number of thiophene rings is 1. The Hall–Kier alpha value is -0.470. The summed E-state index contributed by atoms with van der Waals surface area (Å²) in [5.74, 6) is -0.728. The summed E-state index contributed by atoms with van der Waals surface area (Å²) in [4.78, 5) is 12.9. The van der Waals surface area contributed by atoms with Crippen molar-refractivity contribution in [2.24, 2.45) is 0 Å². The van der Waals surface area contributed by atoms with Crippen LogP contribution in [0.3, 0.4) is 0 Å². The minimum atomic E-state index is -2.02. The van der Waals surface area contributed by atoms with Crippen molar-refractivity contribution in [3.05, 3.63) is 16.0 Å². The number of hydrogen-bond acceptors (Lipinski definition) is 3. The minimum absolute atomic E-state index is 0.496. The second-order valence-corrected chi connectivity index (χ2v) is 8.07. The summed E-state index contributed by atoms with van der Waals surface area (Å²) >= 11 is 18.1. The number of rotatable bonds is 1. The summed E-state index contributed by atoms with van der Waals surface area (Å²) in [7, 11) is 0. The number of anilines is 1. The Kier molecular flexibility index (Phi) is 5.19. The van der Waals surface area contributed by atoms with Gasteiger partial charge in [-0.1, -0.05) is 47.6 Å². The number of fused-ring (bicyclic) bond motifs is 1. The van der Waals surface area contributed by atoms with Gasteiger partial charge in [0, 0.05) is 4.88 Å². The molecule has 0 saturated heterocycles. The third-order valence-electron chi connectivity index (χ3n) is 3.27. The molecule has 0 radical (unpaired) electrons. The molecular weight excluding hydrogens is 339 g/mol. The number of hydrogen-bond donors (Lipinski definition) is 1. The van der Waals surface area contributed by atoms with Crippen molar-refractivity contribution < 1.29 is 4.79 Å². The Morgan fingerprint density at radius 2 is 1.85 bits per heavy atom. The Labute approximate surface area is 136 Å². The molecule has 0 fully saturated rings. The predicted molar refractivity (Wildman–Crippen MR) is 83.8 cm³/mol. The van der Waals surface area contributed by atoms with Gasteiger partial charge >= 0.3 is 0 Å². The van der Waals surface area contributed by atoms with Crippen LogP contribution < -0.4 is 5.32 Å². The van der Waals surface area contributed by atoms with Gasteiger partial charge in [-0.15, -0.1) is 11.3 Å². The van der Waals surface area contributed by atoms with Crippen molar-refractivity contribution in [3.63, 3.8) is 0 Å². The first-order chi connectivity index (χ1) is 9.43. The van der Waals surface area contributed by atoms with Crippen LogP contribution in [-0.4, -0.2) is 9.70 Å². The summed E-state index contributed by atoms with van der Waals surface area (Å²) in [5, 5.41) is 12.4. The fraction of sp³-hybridized carbons (Fsp3) is 0.538. The van der Waals surface area contributed by atoms with Crippen LogP contribution in [0, 0.1) is 11.3 Å². The van der Waals surface area contributed by atoms with Crippen molar-refractivity contribution >= 4 is 57.0 Å². The Bertz CT molecular complexity index is 557. The molecule has 0 saturated carbocycles. The topological polar surface area (TPSA) is 52.9 Å². The summed E-state index contributed by atoms with van der Waals surface area (Å²) in [6.07, 6.45) is 6.37. The van der Waals surface area contributed by atoms with E-state index in [1.165, 1.54) is 29.1 Å². The molecule has 1 aliphatic carbocycles. The molecular formula is C13H13Cl3N2OS. The third kappa shape index (κ3) is 3.59. The molecule has 7 heteroatoms. The van der Waals surface area contributed by atoms with Crippen LogP contribution >= 0.6 is 46.1 Å². The van der Waals surface area contributed by atoms with E-state index >= 15 is 0 Å². The zero-order chi connectivity index (χ0) is 14.8. The number of nitrogens with one attached hydrogen (secondary N) is 1. The van der Waals surface area contributed by atoms with Crippen LogP contribution in [0.5, 0.6) is 0 Å². The molecule has 0 unspecified atom stereocenters. The lowest BCUT2D eigenvalue weighted by molar-refractivity contribution is -0.115. The molecule has 0 aliphatic heterocycles. The maximum Gasteiger partial charge on any atom is 0.277 e. The van der Waals surface area contributed by atoms with E-state index in [1.807, 2.05) is 0 Å². The predicted octanol–water partition coefficient (Wildman–Crippen LogP) is 4.59. The van der Waals surface area contributed by atoms with Gasteiger partial charge in [-0.3, -0.25) is 4.79 Å². The molecule has 1 aliphatic rings. The van der Waals surface area contributed by atoms with Crippen molar-refractivity contribution in [3.8, 4) is 6.07 Å². The quantitative estimate of drug-likeness (QED) is 0.752. The highest BCUT2D eigenvalue weighted by Gasteiger charge is 2.32. The normalized spacial score (nSPS) is 15.7. The number of amides is 1. The lowest BCUT2D eigenvalue weighted by Gasteiger charge is -2.10. The highest BCUT2D eigenvalue weighted by Crippen LogP contribution is 2.38. The summed E-state index contributed by atoms with van der Waals surface area (Å²) in [6.45, 7) is 0. The summed E-state index contributed by atoms with van der Waals surface area (Å²) < 4.78 is -2.02. The Morgan fingerprint density at radius 3 is 2.45 bits per heavy atom. The van der Waals surface area contributed by atoms with E-state index in [4.69, 9.17) is 34.8 Å². The third-order valence-corrected chi connectivity index (χ3v) is 4.99. The maximum atomic E-state index is 11.7. The first kappa shape index (κ1) is 15.9. The molecule has 3 nitrogen and oxygen atoms in total. The molecule has 1 heterocycles. The van der Waals surface area contributed by atoms with Gasteiger partial charge in [-0.25, -0.2) is 0 Å². The monoisotopic (exact) mass is 350 g/mol. The smallest absolute Gasteiger partial charge is 0.277 e. The number of nitrogens with zero attached hydrogens (tertiary/aromatic N) is 1. The minimum Gasteiger partial charge on any atom is -0.313 e. The van der Waals surface area contributed by atoms with Crippen molar-refractivity contribution in [2.45, 2.75) is 42.3 Å².